The smallest absolute Gasteiger partial charge is 0.322 e. The molecule has 3 rings (SSSR count). The van der Waals surface area contributed by atoms with Crippen molar-refractivity contribution in [2.24, 2.45) is 11.8 Å². The second-order valence-corrected chi connectivity index (χ2v) is 7.54. The molecule has 5 nitrogen and oxygen atoms in total. The lowest BCUT2D eigenvalue weighted by atomic mass is 9.77. The Morgan fingerprint density at radius 2 is 1.92 bits per heavy atom. The van der Waals surface area contributed by atoms with Gasteiger partial charge in [0, 0.05) is 6.42 Å². The Hall–Kier alpha value is -1.72. The average Bonchev–Trinajstić information content (AvgIpc) is 2.67. The first-order chi connectivity index (χ1) is 12.6. The fraction of sp³-hybridized carbons (Fsp3) is 0.619. The molecule has 2 aliphatic rings. The lowest BCUT2D eigenvalue weighted by Crippen LogP contribution is -2.69. The van der Waals surface area contributed by atoms with Gasteiger partial charge in [0.1, 0.15) is 6.04 Å². The molecule has 0 saturated carbocycles. The van der Waals surface area contributed by atoms with Crippen molar-refractivity contribution in [3.63, 3.8) is 0 Å². The lowest BCUT2D eigenvalue weighted by Gasteiger charge is -2.53. The number of piperidine rings is 2. The van der Waals surface area contributed by atoms with Crippen molar-refractivity contribution in [3.05, 3.63) is 35.9 Å². The van der Waals surface area contributed by atoms with Crippen LogP contribution in [0.1, 0.15) is 32.3 Å². The standard InChI is InChI=1S/C21H30NO4/c1-3-22-12-17(20(23)19(13-22)21(24)26-4-2)10-11-18(22)15-25-14-16-8-6-5-7-9-16/h5-9,17-19H,3-4,10-15H2,1-2H3/q+1. The number of carbonyl (C=O) groups is 2. The minimum absolute atomic E-state index is 0.0107. The number of hydrogen-bond donors (Lipinski definition) is 0. The average molecular weight is 360 g/mol. The molecule has 1 aromatic carbocycles. The summed E-state index contributed by atoms with van der Waals surface area (Å²) in [6.07, 6.45) is 1.84. The third kappa shape index (κ3) is 3.84. The molecular formula is C21H30NO4+. The molecule has 5 heteroatoms. The fourth-order valence-corrected chi connectivity index (χ4v) is 4.62. The zero-order valence-electron chi connectivity index (χ0n) is 15.9. The fourth-order valence-electron chi connectivity index (χ4n) is 4.62. The molecule has 2 fully saturated rings. The number of rotatable bonds is 7. The molecule has 0 N–H and O–H groups in total. The Morgan fingerprint density at radius 1 is 1.15 bits per heavy atom. The molecule has 2 heterocycles. The van der Waals surface area contributed by atoms with Gasteiger partial charge in [-0.05, 0) is 25.8 Å². The van der Waals surface area contributed by atoms with Crippen LogP contribution in [0.15, 0.2) is 30.3 Å². The highest BCUT2D eigenvalue weighted by Crippen LogP contribution is 2.37. The van der Waals surface area contributed by atoms with Crippen LogP contribution in [0.3, 0.4) is 0 Å². The highest BCUT2D eigenvalue weighted by atomic mass is 16.5. The molecule has 1 aromatic rings. The molecule has 26 heavy (non-hydrogen) atoms. The van der Waals surface area contributed by atoms with Crippen molar-refractivity contribution < 1.29 is 23.5 Å². The van der Waals surface area contributed by atoms with Crippen LogP contribution in [0.25, 0.3) is 0 Å². The Bertz CT molecular complexity index is 632. The summed E-state index contributed by atoms with van der Waals surface area (Å²) < 4.78 is 12.0. The number of ketones is 1. The van der Waals surface area contributed by atoms with Gasteiger partial charge in [0.25, 0.3) is 0 Å². The van der Waals surface area contributed by atoms with Gasteiger partial charge < -0.3 is 14.0 Å². The number of quaternary nitrogens is 1. The van der Waals surface area contributed by atoms with E-state index in [9.17, 15) is 9.59 Å². The molecular weight excluding hydrogens is 330 g/mol. The molecule has 0 aromatic heterocycles. The van der Waals surface area contributed by atoms with Gasteiger partial charge in [0.15, 0.2) is 11.7 Å². The van der Waals surface area contributed by atoms with E-state index in [-0.39, 0.29) is 17.7 Å². The summed E-state index contributed by atoms with van der Waals surface area (Å²) in [7, 11) is 0. The highest BCUT2D eigenvalue weighted by Gasteiger charge is 2.54. The summed E-state index contributed by atoms with van der Waals surface area (Å²) in [5.74, 6) is -0.868. The normalized spacial score (nSPS) is 30.8. The molecule has 2 saturated heterocycles. The molecule has 2 bridgehead atoms. The first-order valence-corrected chi connectivity index (χ1v) is 9.77. The van der Waals surface area contributed by atoms with Gasteiger partial charge in [0.2, 0.25) is 0 Å². The Balaban J connectivity index is 1.68. The first kappa shape index (κ1) is 19.1. The number of hydrogen-bond acceptors (Lipinski definition) is 4. The van der Waals surface area contributed by atoms with Gasteiger partial charge in [-0.15, -0.1) is 0 Å². The second kappa shape index (κ2) is 8.31. The predicted molar refractivity (Wildman–Crippen MR) is 98.3 cm³/mol. The van der Waals surface area contributed by atoms with E-state index in [4.69, 9.17) is 9.47 Å². The van der Waals surface area contributed by atoms with E-state index in [1.807, 2.05) is 18.2 Å². The van der Waals surface area contributed by atoms with E-state index in [2.05, 4.69) is 19.1 Å². The molecule has 0 spiro atoms. The van der Waals surface area contributed by atoms with E-state index in [0.717, 1.165) is 30.4 Å². The van der Waals surface area contributed by atoms with Crippen LogP contribution in [0.2, 0.25) is 0 Å². The number of carbonyl (C=O) groups excluding carboxylic acids is 2. The van der Waals surface area contributed by atoms with Crippen molar-refractivity contribution >= 4 is 11.8 Å². The van der Waals surface area contributed by atoms with Gasteiger partial charge in [-0.25, -0.2) is 0 Å². The largest absolute Gasteiger partial charge is 0.465 e. The zero-order chi connectivity index (χ0) is 18.6. The van der Waals surface area contributed by atoms with Gasteiger partial charge in [0.05, 0.1) is 45.4 Å². The number of Topliss-reactive ketones (excluding diaryl/α,β-unsaturated/α-hetero) is 1. The third-order valence-corrected chi connectivity index (χ3v) is 6.12. The topological polar surface area (TPSA) is 52.6 Å². The van der Waals surface area contributed by atoms with Gasteiger partial charge in [-0.1, -0.05) is 30.3 Å². The van der Waals surface area contributed by atoms with E-state index >= 15 is 0 Å². The molecule has 142 valence electrons. The number of benzene rings is 1. The molecule has 2 aliphatic heterocycles. The monoisotopic (exact) mass is 360 g/mol. The maximum absolute atomic E-state index is 12.7. The number of nitrogens with zero attached hydrogens (tertiary/aromatic N) is 1. The predicted octanol–water partition coefficient (Wildman–Crippen LogP) is 2.58. The molecule has 4 unspecified atom stereocenters. The van der Waals surface area contributed by atoms with Crippen molar-refractivity contribution in [1.29, 1.82) is 0 Å². The SMILES string of the molecule is CCOC(=O)C1C[N+]2(CC)CC(CCC2COCc2ccccc2)C1=O. The van der Waals surface area contributed by atoms with Crippen molar-refractivity contribution in [2.75, 3.05) is 32.8 Å². The third-order valence-electron chi connectivity index (χ3n) is 6.12. The van der Waals surface area contributed by atoms with E-state index in [1.165, 1.54) is 5.56 Å². The first-order valence-electron chi connectivity index (χ1n) is 9.77. The zero-order valence-corrected chi connectivity index (χ0v) is 15.9. The highest BCUT2D eigenvalue weighted by molar-refractivity contribution is 6.00. The minimum Gasteiger partial charge on any atom is -0.465 e. The Kier molecular flexibility index (Phi) is 6.09. The van der Waals surface area contributed by atoms with Gasteiger partial charge in [-0.3, -0.25) is 9.59 Å². The summed E-state index contributed by atoms with van der Waals surface area (Å²) >= 11 is 0. The van der Waals surface area contributed by atoms with Gasteiger partial charge >= 0.3 is 5.97 Å². The quantitative estimate of drug-likeness (QED) is 0.426. The van der Waals surface area contributed by atoms with Crippen LogP contribution < -0.4 is 0 Å². The van der Waals surface area contributed by atoms with Crippen LogP contribution in [-0.2, 0) is 25.7 Å². The summed E-state index contributed by atoms with van der Waals surface area (Å²) in [4.78, 5) is 25.0. The summed E-state index contributed by atoms with van der Waals surface area (Å²) in [5.41, 5.74) is 1.17. The van der Waals surface area contributed by atoms with Crippen LogP contribution in [0, 0.1) is 11.8 Å². The van der Waals surface area contributed by atoms with Gasteiger partial charge in [-0.2, -0.15) is 0 Å². The maximum Gasteiger partial charge on any atom is 0.322 e. The van der Waals surface area contributed by atoms with Crippen LogP contribution in [0.5, 0.6) is 0 Å². The minimum atomic E-state index is -0.606. The van der Waals surface area contributed by atoms with Crippen LogP contribution in [-0.4, -0.2) is 55.1 Å². The number of fused-ring (bicyclic) bond motifs is 2. The summed E-state index contributed by atoms with van der Waals surface area (Å²) in [5, 5.41) is 0. The van der Waals surface area contributed by atoms with E-state index in [0.29, 0.717) is 32.4 Å². The van der Waals surface area contributed by atoms with Crippen LogP contribution >= 0.6 is 0 Å². The Labute approximate surface area is 155 Å². The summed E-state index contributed by atoms with van der Waals surface area (Å²) in [6, 6.07) is 10.5. The van der Waals surface area contributed by atoms with Crippen molar-refractivity contribution in [2.45, 2.75) is 39.3 Å². The van der Waals surface area contributed by atoms with E-state index in [1.54, 1.807) is 6.92 Å². The number of ether oxygens (including phenoxy) is 2. The second-order valence-electron chi connectivity index (χ2n) is 7.54. The molecule has 0 radical (unpaired) electrons. The molecule has 0 aliphatic carbocycles. The molecule has 0 amide bonds. The maximum atomic E-state index is 12.7. The van der Waals surface area contributed by atoms with Crippen molar-refractivity contribution in [1.82, 2.24) is 0 Å². The Morgan fingerprint density at radius 3 is 2.62 bits per heavy atom. The number of likely N-dealkylation sites (N-methyl/N-ethyl adjacent to an activating group) is 1. The van der Waals surface area contributed by atoms with Crippen molar-refractivity contribution in [3.8, 4) is 0 Å². The lowest BCUT2D eigenvalue weighted by molar-refractivity contribution is -0.961. The van der Waals surface area contributed by atoms with E-state index < -0.39 is 5.92 Å². The number of esters is 1. The van der Waals surface area contributed by atoms with Crippen LogP contribution in [0.4, 0.5) is 0 Å². The molecule has 4 atom stereocenters. The summed E-state index contributed by atoms with van der Waals surface area (Å²) in [6.45, 7) is 7.85.